The Morgan fingerprint density at radius 2 is 2.40 bits per heavy atom. The number of carbonyl (C=O) groups is 1. The number of hydrogen-bond acceptors (Lipinski definition) is 3. The second kappa shape index (κ2) is 4.94. The monoisotopic (exact) mass is 212 g/mol. The molecule has 2 aliphatic heterocycles. The number of likely N-dealkylation sites (tertiary alicyclic amines) is 1. The second-order valence-corrected chi connectivity index (χ2v) is 4.54. The van der Waals surface area contributed by atoms with Gasteiger partial charge in [-0.25, -0.2) is 0 Å². The van der Waals surface area contributed by atoms with Crippen molar-refractivity contribution in [1.82, 2.24) is 10.2 Å². The molecule has 1 N–H and O–H groups in total. The van der Waals surface area contributed by atoms with Gasteiger partial charge in [0.15, 0.2) is 0 Å². The molecule has 86 valence electrons. The smallest absolute Gasteiger partial charge is 0.239 e. The van der Waals surface area contributed by atoms with Gasteiger partial charge in [0.2, 0.25) is 5.91 Å². The van der Waals surface area contributed by atoms with Crippen molar-refractivity contribution < 1.29 is 9.53 Å². The summed E-state index contributed by atoms with van der Waals surface area (Å²) in [5.74, 6) is 0.839. The van der Waals surface area contributed by atoms with Crippen molar-refractivity contribution in [2.45, 2.75) is 25.3 Å². The second-order valence-electron chi connectivity index (χ2n) is 4.54. The fourth-order valence-corrected chi connectivity index (χ4v) is 2.52. The third-order valence-electron chi connectivity index (χ3n) is 3.36. The van der Waals surface area contributed by atoms with E-state index >= 15 is 0 Å². The Morgan fingerprint density at radius 3 is 3.07 bits per heavy atom. The quantitative estimate of drug-likeness (QED) is 0.728. The van der Waals surface area contributed by atoms with Crippen molar-refractivity contribution in [3.8, 4) is 0 Å². The maximum absolute atomic E-state index is 12.0. The van der Waals surface area contributed by atoms with Crippen LogP contribution in [-0.4, -0.2) is 50.2 Å². The van der Waals surface area contributed by atoms with E-state index in [2.05, 4.69) is 5.32 Å². The van der Waals surface area contributed by atoms with Gasteiger partial charge in [-0.2, -0.15) is 0 Å². The number of rotatable bonds is 3. The number of ether oxygens (including phenoxy) is 1. The molecule has 2 saturated heterocycles. The van der Waals surface area contributed by atoms with E-state index in [1.165, 1.54) is 0 Å². The van der Waals surface area contributed by atoms with Gasteiger partial charge in [0.25, 0.3) is 0 Å². The Hall–Kier alpha value is -0.610. The van der Waals surface area contributed by atoms with Crippen LogP contribution < -0.4 is 5.32 Å². The van der Waals surface area contributed by atoms with Gasteiger partial charge in [-0.05, 0) is 25.8 Å². The maximum Gasteiger partial charge on any atom is 0.239 e. The number of hydrogen-bond donors (Lipinski definition) is 1. The van der Waals surface area contributed by atoms with E-state index in [1.54, 1.807) is 7.11 Å². The minimum absolute atomic E-state index is 0.0892. The summed E-state index contributed by atoms with van der Waals surface area (Å²) in [6.07, 6.45) is 3.22. The average Bonchev–Trinajstić information content (AvgIpc) is 2.87. The van der Waals surface area contributed by atoms with Crippen molar-refractivity contribution in [3.05, 3.63) is 0 Å². The van der Waals surface area contributed by atoms with Crippen molar-refractivity contribution >= 4 is 5.91 Å². The van der Waals surface area contributed by atoms with E-state index in [9.17, 15) is 4.79 Å². The zero-order valence-electron chi connectivity index (χ0n) is 9.37. The van der Waals surface area contributed by atoms with Crippen LogP contribution in [0.4, 0.5) is 0 Å². The third-order valence-corrected chi connectivity index (χ3v) is 3.36. The van der Waals surface area contributed by atoms with Crippen LogP contribution >= 0.6 is 0 Å². The minimum Gasteiger partial charge on any atom is -0.384 e. The van der Waals surface area contributed by atoms with Gasteiger partial charge in [-0.15, -0.1) is 0 Å². The van der Waals surface area contributed by atoms with Crippen LogP contribution in [-0.2, 0) is 9.53 Å². The van der Waals surface area contributed by atoms with E-state index in [1.807, 2.05) is 4.90 Å². The van der Waals surface area contributed by atoms with Gasteiger partial charge in [-0.1, -0.05) is 0 Å². The molecule has 0 aromatic rings. The lowest BCUT2D eigenvalue weighted by Gasteiger charge is -2.20. The van der Waals surface area contributed by atoms with Crippen LogP contribution in [0.25, 0.3) is 0 Å². The van der Waals surface area contributed by atoms with Crippen molar-refractivity contribution in [2.24, 2.45) is 5.92 Å². The van der Waals surface area contributed by atoms with Gasteiger partial charge >= 0.3 is 0 Å². The van der Waals surface area contributed by atoms with Crippen LogP contribution in [0.2, 0.25) is 0 Å². The minimum atomic E-state index is 0.0892. The lowest BCUT2D eigenvalue weighted by molar-refractivity contribution is -0.132. The molecule has 1 unspecified atom stereocenters. The fraction of sp³-hybridized carbons (Fsp3) is 0.909. The lowest BCUT2D eigenvalue weighted by Crippen LogP contribution is -2.42. The first-order valence-electron chi connectivity index (χ1n) is 5.82. The Kier molecular flexibility index (Phi) is 3.59. The Morgan fingerprint density at radius 1 is 1.53 bits per heavy atom. The first-order chi connectivity index (χ1) is 7.31. The van der Waals surface area contributed by atoms with Gasteiger partial charge in [-0.3, -0.25) is 4.79 Å². The molecule has 4 nitrogen and oxygen atoms in total. The summed E-state index contributed by atoms with van der Waals surface area (Å²) < 4.78 is 5.13. The van der Waals surface area contributed by atoms with Gasteiger partial charge in [0.05, 0.1) is 12.6 Å². The summed E-state index contributed by atoms with van der Waals surface area (Å²) in [5, 5.41) is 3.26. The normalized spacial score (nSPS) is 31.1. The largest absolute Gasteiger partial charge is 0.384 e. The SMILES string of the molecule is COCC1CCN(C(=O)[C@H]2CCCN2)C1. The Bertz CT molecular complexity index is 227. The van der Waals surface area contributed by atoms with E-state index in [4.69, 9.17) is 4.74 Å². The third kappa shape index (κ3) is 2.49. The molecule has 0 aromatic carbocycles. The lowest BCUT2D eigenvalue weighted by atomic mass is 10.1. The molecule has 2 rings (SSSR count). The highest BCUT2D eigenvalue weighted by Crippen LogP contribution is 2.19. The van der Waals surface area contributed by atoms with E-state index in [-0.39, 0.29) is 6.04 Å². The zero-order chi connectivity index (χ0) is 10.7. The molecular formula is C11H20N2O2. The van der Waals surface area contributed by atoms with Crippen molar-refractivity contribution in [3.63, 3.8) is 0 Å². The molecule has 1 amide bonds. The van der Waals surface area contributed by atoms with Crippen molar-refractivity contribution in [1.29, 1.82) is 0 Å². The average molecular weight is 212 g/mol. The first-order valence-corrected chi connectivity index (χ1v) is 5.82. The molecule has 2 heterocycles. The molecule has 2 aliphatic rings. The summed E-state index contributed by atoms with van der Waals surface area (Å²) in [4.78, 5) is 14.0. The molecule has 0 spiro atoms. The molecule has 15 heavy (non-hydrogen) atoms. The highest BCUT2D eigenvalue weighted by Gasteiger charge is 2.31. The number of nitrogens with one attached hydrogen (secondary N) is 1. The van der Waals surface area contributed by atoms with Crippen LogP contribution in [0.5, 0.6) is 0 Å². The van der Waals surface area contributed by atoms with Gasteiger partial charge in [0, 0.05) is 26.1 Å². The fourth-order valence-electron chi connectivity index (χ4n) is 2.52. The maximum atomic E-state index is 12.0. The van der Waals surface area contributed by atoms with Crippen LogP contribution in [0.1, 0.15) is 19.3 Å². The van der Waals surface area contributed by atoms with E-state index in [0.717, 1.165) is 45.5 Å². The number of nitrogens with zero attached hydrogens (tertiary/aromatic N) is 1. The summed E-state index contributed by atoms with van der Waals surface area (Å²) in [6, 6.07) is 0.0892. The van der Waals surface area contributed by atoms with Crippen LogP contribution in [0.15, 0.2) is 0 Å². The van der Waals surface area contributed by atoms with E-state index < -0.39 is 0 Å². The van der Waals surface area contributed by atoms with Crippen molar-refractivity contribution in [2.75, 3.05) is 33.4 Å². The Labute approximate surface area is 91.0 Å². The molecule has 0 aliphatic carbocycles. The molecule has 2 fully saturated rings. The summed E-state index contributed by atoms with van der Waals surface area (Å²) in [6.45, 7) is 3.56. The highest BCUT2D eigenvalue weighted by atomic mass is 16.5. The molecular weight excluding hydrogens is 192 g/mol. The first kappa shape index (κ1) is 10.9. The van der Waals surface area contributed by atoms with Crippen LogP contribution in [0, 0.1) is 5.92 Å². The molecule has 2 atom stereocenters. The molecule has 0 radical (unpaired) electrons. The number of carbonyl (C=O) groups excluding carboxylic acids is 1. The van der Waals surface area contributed by atoms with Gasteiger partial charge < -0.3 is 15.0 Å². The molecule has 4 heteroatoms. The summed E-state index contributed by atoms with van der Waals surface area (Å²) in [7, 11) is 1.73. The predicted molar refractivity (Wildman–Crippen MR) is 57.6 cm³/mol. The predicted octanol–water partition coefficient (Wildman–Crippen LogP) is 0.233. The molecule has 0 saturated carbocycles. The molecule has 0 bridgehead atoms. The number of amides is 1. The zero-order valence-corrected chi connectivity index (χ0v) is 9.37. The topological polar surface area (TPSA) is 41.6 Å². The molecule has 0 aromatic heterocycles. The Balaban J connectivity index is 1.81. The summed E-state index contributed by atoms with van der Waals surface area (Å²) >= 11 is 0. The standard InChI is InChI=1S/C11H20N2O2/c1-15-8-9-4-6-13(7-9)11(14)10-3-2-5-12-10/h9-10,12H,2-8H2,1H3/t9?,10-/m1/s1. The van der Waals surface area contributed by atoms with E-state index in [0.29, 0.717) is 11.8 Å². The highest BCUT2D eigenvalue weighted by molar-refractivity contribution is 5.82. The summed E-state index contributed by atoms with van der Waals surface area (Å²) in [5.41, 5.74) is 0. The van der Waals surface area contributed by atoms with Crippen LogP contribution in [0.3, 0.4) is 0 Å². The van der Waals surface area contributed by atoms with Gasteiger partial charge in [0.1, 0.15) is 0 Å². The number of methoxy groups -OCH3 is 1.